The van der Waals surface area contributed by atoms with Gasteiger partial charge in [0.15, 0.2) is 12.4 Å². The predicted molar refractivity (Wildman–Crippen MR) is 124 cm³/mol. The molecule has 1 amide bonds. The lowest BCUT2D eigenvalue weighted by Gasteiger charge is -2.23. The summed E-state index contributed by atoms with van der Waals surface area (Å²) in [7, 11) is 0. The zero-order chi connectivity index (χ0) is 22.9. The van der Waals surface area contributed by atoms with E-state index in [4.69, 9.17) is 4.74 Å². The van der Waals surface area contributed by atoms with E-state index < -0.39 is 5.97 Å². The highest BCUT2D eigenvalue weighted by Crippen LogP contribution is 2.10. The highest BCUT2D eigenvalue weighted by Gasteiger charge is 2.17. The fourth-order valence-electron chi connectivity index (χ4n) is 3.35. The zero-order valence-corrected chi connectivity index (χ0v) is 18.1. The highest BCUT2D eigenvalue weighted by atomic mass is 16.5. The molecule has 0 radical (unpaired) electrons. The van der Waals surface area contributed by atoms with Crippen LogP contribution in [0, 0.1) is 0 Å². The van der Waals surface area contributed by atoms with Gasteiger partial charge in [0, 0.05) is 31.7 Å². The molecule has 33 heavy (non-hydrogen) atoms. The van der Waals surface area contributed by atoms with E-state index in [2.05, 4.69) is 10.1 Å². The number of benzene rings is 2. The lowest BCUT2D eigenvalue weighted by atomic mass is 10.1. The molecule has 0 aliphatic heterocycles. The topological polar surface area (TPSA) is 77.3 Å². The first-order valence-corrected chi connectivity index (χ1v) is 10.7. The molecule has 0 bridgehead atoms. The van der Waals surface area contributed by atoms with E-state index in [-0.39, 0.29) is 18.1 Å². The maximum atomic E-state index is 12.9. The molecule has 0 unspecified atom stereocenters. The summed E-state index contributed by atoms with van der Waals surface area (Å²) in [5.74, 6) is -0.252. The van der Waals surface area contributed by atoms with Gasteiger partial charge in [-0.2, -0.15) is 5.10 Å². The molecule has 0 N–H and O–H groups in total. The largest absolute Gasteiger partial charge is 0.452 e. The van der Waals surface area contributed by atoms with Crippen molar-refractivity contribution in [2.45, 2.75) is 13.0 Å². The minimum absolute atomic E-state index is 0.246. The Kier molecular flexibility index (Phi) is 7.22. The van der Waals surface area contributed by atoms with Crippen molar-refractivity contribution < 1.29 is 14.3 Å². The Morgan fingerprint density at radius 1 is 0.879 bits per heavy atom. The van der Waals surface area contributed by atoms with Gasteiger partial charge in [-0.25, -0.2) is 14.5 Å². The van der Waals surface area contributed by atoms with E-state index in [1.54, 1.807) is 40.2 Å². The number of rotatable bonds is 9. The molecule has 0 saturated heterocycles. The smallest absolute Gasteiger partial charge is 0.340 e. The van der Waals surface area contributed by atoms with Gasteiger partial charge in [0.2, 0.25) is 0 Å². The van der Waals surface area contributed by atoms with Crippen molar-refractivity contribution in [1.29, 1.82) is 0 Å². The second-order valence-electron chi connectivity index (χ2n) is 7.47. The van der Waals surface area contributed by atoms with E-state index in [1.165, 1.54) is 6.20 Å². The Balaban J connectivity index is 1.37. The molecule has 2 aromatic carbocycles. The molecule has 4 aromatic rings. The Morgan fingerprint density at radius 3 is 2.24 bits per heavy atom. The number of carbonyl (C=O) groups is 2. The second kappa shape index (κ2) is 10.9. The zero-order valence-electron chi connectivity index (χ0n) is 18.1. The van der Waals surface area contributed by atoms with E-state index in [9.17, 15) is 9.59 Å². The standard InChI is InChI=1S/C26H24N4O3/c31-25(20-33-26(32)23-12-13-24(27-18-23)30-16-7-15-28-30)29(19-22-10-5-2-6-11-22)17-14-21-8-3-1-4-9-21/h1-13,15-16,18H,14,17,19-20H2. The number of carbonyl (C=O) groups excluding carboxylic acids is 2. The third-order valence-corrected chi connectivity index (χ3v) is 5.13. The molecule has 0 atom stereocenters. The molecule has 2 aromatic heterocycles. The second-order valence-corrected chi connectivity index (χ2v) is 7.47. The Morgan fingerprint density at radius 2 is 1.61 bits per heavy atom. The molecular weight excluding hydrogens is 416 g/mol. The number of pyridine rings is 1. The first-order valence-electron chi connectivity index (χ1n) is 10.7. The lowest BCUT2D eigenvalue weighted by molar-refractivity contribution is -0.135. The SMILES string of the molecule is O=C(OCC(=O)N(CCc1ccccc1)Cc1ccccc1)c1ccc(-n2cccn2)nc1. The number of hydrogen-bond donors (Lipinski definition) is 0. The number of nitrogens with zero attached hydrogens (tertiary/aromatic N) is 4. The van der Waals surface area contributed by atoms with Crippen LogP contribution in [0.2, 0.25) is 0 Å². The van der Waals surface area contributed by atoms with Gasteiger partial charge in [0.05, 0.1) is 5.56 Å². The number of hydrogen-bond acceptors (Lipinski definition) is 5. The Bertz CT molecular complexity index is 1160. The molecule has 7 heteroatoms. The third-order valence-electron chi connectivity index (χ3n) is 5.13. The molecule has 2 heterocycles. The maximum Gasteiger partial charge on any atom is 0.340 e. The summed E-state index contributed by atoms with van der Waals surface area (Å²) in [4.78, 5) is 31.3. The summed E-state index contributed by atoms with van der Waals surface area (Å²) < 4.78 is 6.89. The van der Waals surface area contributed by atoms with Crippen LogP contribution >= 0.6 is 0 Å². The van der Waals surface area contributed by atoms with Gasteiger partial charge in [-0.15, -0.1) is 0 Å². The average Bonchev–Trinajstić information content (AvgIpc) is 3.41. The van der Waals surface area contributed by atoms with Gasteiger partial charge < -0.3 is 9.64 Å². The number of ether oxygens (including phenoxy) is 1. The summed E-state index contributed by atoms with van der Waals surface area (Å²) in [5.41, 5.74) is 2.44. The fraction of sp³-hybridized carbons (Fsp3) is 0.154. The van der Waals surface area contributed by atoms with Crippen LogP contribution in [0.3, 0.4) is 0 Å². The molecule has 4 rings (SSSR count). The summed E-state index contributed by atoms with van der Waals surface area (Å²) in [6.45, 7) is 0.640. The van der Waals surface area contributed by atoms with E-state index >= 15 is 0 Å². The Hall–Kier alpha value is -4.26. The van der Waals surface area contributed by atoms with E-state index in [0.29, 0.717) is 25.3 Å². The van der Waals surface area contributed by atoms with Crippen LogP contribution in [0.4, 0.5) is 0 Å². The average molecular weight is 441 g/mol. The summed E-state index contributed by atoms with van der Waals surface area (Å²) in [6.07, 6.45) is 5.54. The van der Waals surface area contributed by atoms with Crippen LogP contribution in [-0.4, -0.2) is 44.7 Å². The van der Waals surface area contributed by atoms with Gasteiger partial charge in [0.1, 0.15) is 0 Å². The number of amides is 1. The normalized spacial score (nSPS) is 10.5. The predicted octanol–water partition coefficient (Wildman–Crippen LogP) is 3.70. The fourth-order valence-corrected chi connectivity index (χ4v) is 3.35. The monoisotopic (exact) mass is 440 g/mol. The van der Waals surface area contributed by atoms with Gasteiger partial charge in [-0.05, 0) is 35.7 Å². The van der Waals surface area contributed by atoms with Crippen molar-refractivity contribution in [2.75, 3.05) is 13.2 Å². The number of esters is 1. The molecule has 0 saturated carbocycles. The summed E-state index contributed by atoms with van der Waals surface area (Å²) in [5, 5.41) is 4.10. The minimum atomic E-state index is -0.592. The van der Waals surface area contributed by atoms with Gasteiger partial charge in [-0.1, -0.05) is 60.7 Å². The Labute approximate surface area is 192 Å². The molecule has 7 nitrogen and oxygen atoms in total. The third kappa shape index (κ3) is 6.13. The first kappa shape index (κ1) is 22.0. The summed E-state index contributed by atoms with van der Waals surface area (Å²) >= 11 is 0. The highest BCUT2D eigenvalue weighted by molar-refractivity contribution is 5.91. The van der Waals surface area contributed by atoms with E-state index in [1.807, 2.05) is 60.7 Å². The van der Waals surface area contributed by atoms with Crippen molar-refractivity contribution in [3.63, 3.8) is 0 Å². The van der Waals surface area contributed by atoms with Crippen molar-refractivity contribution in [3.8, 4) is 5.82 Å². The van der Waals surface area contributed by atoms with Crippen LogP contribution in [0.15, 0.2) is 97.5 Å². The van der Waals surface area contributed by atoms with Crippen LogP contribution in [0.1, 0.15) is 21.5 Å². The van der Waals surface area contributed by atoms with Crippen molar-refractivity contribution >= 4 is 11.9 Å². The van der Waals surface area contributed by atoms with E-state index in [0.717, 1.165) is 11.1 Å². The molecular formula is C26H24N4O3. The molecule has 166 valence electrons. The number of aromatic nitrogens is 3. The van der Waals surface area contributed by atoms with Gasteiger partial charge >= 0.3 is 5.97 Å². The van der Waals surface area contributed by atoms with Crippen molar-refractivity contribution in [2.24, 2.45) is 0 Å². The van der Waals surface area contributed by atoms with Crippen LogP contribution in [-0.2, 0) is 22.5 Å². The lowest BCUT2D eigenvalue weighted by Crippen LogP contribution is -2.35. The summed E-state index contributed by atoms with van der Waals surface area (Å²) in [6, 6.07) is 24.8. The van der Waals surface area contributed by atoms with Gasteiger partial charge in [-0.3, -0.25) is 4.79 Å². The van der Waals surface area contributed by atoms with Crippen molar-refractivity contribution in [3.05, 3.63) is 114 Å². The quantitative estimate of drug-likeness (QED) is 0.371. The van der Waals surface area contributed by atoms with Crippen molar-refractivity contribution in [1.82, 2.24) is 19.7 Å². The first-order chi connectivity index (χ1) is 16.2. The van der Waals surface area contributed by atoms with Crippen LogP contribution in [0.5, 0.6) is 0 Å². The molecule has 0 aliphatic carbocycles. The molecule has 0 spiro atoms. The molecule has 0 aliphatic rings. The maximum absolute atomic E-state index is 12.9. The van der Waals surface area contributed by atoms with Gasteiger partial charge in [0.25, 0.3) is 5.91 Å². The van der Waals surface area contributed by atoms with Crippen LogP contribution < -0.4 is 0 Å². The molecule has 0 fully saturated rings. The van der Waals surface area contributed by atoms with Crippen LogP contribution in [0.25, 0.3) is 5.82 Å². The minimum Gasteiger partial charge on any atom is -0.452 e.